The van der Waals surface area contributed by atoms with Crippen LogP contribution in [-0.4, -0.2) is 35.9 Å². The molecule has 32 heavy (non-hydrogen) atoms. The van der Waals surface area contributed by atoms with Crippen molar-refractivity contribution in [3.05, 3.63) is 35.5 Å². The highest BCUT2D eigenvalue weighted by Crippen LogP contribution is 2.63. The number of fused-ring (bicyclic) bond motifs is 1. The van der Waals surface area contributed by atoms with Crippen molar-refractivity contribution in [2.45, 2.75) is 91.8 Å². The van der Waals surface area contributed by atoms with E-state index in [-0.39, 0.29) is 41.4 Å². The summed E-state index contributed by atoms with van der Waals surface area (Å²) in [7, 11) is 0. The summed E-state index contributed by atoms with van der Waals surface area (Å²) in [5.41, 5.74) is 3.20. The summed E-state index contributed by atoms with van der Waals surface area (Å²) in [6, 6.07) is 0. The van der Waals surface area contributed by atoms with E-state index in [0.29, 0.717) is 17.9 Å². The highest BCUT2D eigenvalue weighted by atomic mass is 16.5. The fourth-order valence-corrected chi connectivity index (χ4v) is 6.42. The summed E-state index contributed by atoms with van der Waals surface area (Å²) in [5.74, 6) is 0.198. The molecule has 1 heterocycles. The van der Waals surface area contributed by atoms with E-state index in [0.717, 1.165) is 25.7 Å². The van der Waals surface area contributed by atoms with Gasteiger partial charge in [0.1, 0.15) is 12.7 Å². The van der Waals surface area contributed by atoms with Gasteiger partial charge in [-0.3, -0.25) is 4.79 Å². The zero-order chi connectivity index (χ0) is 23.7. The molecule has 0 saturated heterocycles. The van der Waals surface area contributed by atoms with Crippen LogP contribution < -0.4 is 0 Å². The topological polar surface area (TPSA) is 72.8 Å². The van der Waals surface area contributed by atoms with Gasteiger partial charge in [0.05, 0.1) is 6.10 Å². The number of hydrogen-bond donors (Lipinski definition) is 1. The molecule has 3 rings (SSSR count). The molecule has 6 atom stereocenters. The monoisotopic (exact) mass is 444 g/mol. The second kappa shape index (κ2) is 9.54. The van der Waals surface area contributed by atoms with Crippen molar-refractivity contribution < 1.29 is 24.2 Å². The van der Waals surface area contributed by atoms with Gasteiger partial charge in [-0.15, -0.1) is 0 Å². The van der Waals surface area contributed by atoms with Crippen molar-refractivity contribution >= 4 is 11.9 Å². The van der Waals surface area contributed by atoms with E-state index in [1.807, 2.05) is 0 Å². The minimum Gasteiger partial charge on any atom is -0.462 e. The van der Waals surface area contributed by atoms with Gasteiger partial charge >= 0.3 is 11.9 Å². The van der Waals surface area contributed by atoms with Crippen LogP contribution in [0, 0.1) is 22.7 Å². The van der Waals surface area contributed by atoms with Gasteiger partial charge in [-0.25, -0.2) is 4.79 Å². The number of aliphatic hydroxyl groups is 1. The minimum absolute atomic E-state index is 0.00503. The molecule has 2 fully saturated rings. The molecule has 5 heteroatoms. The molecule has 3 aliphatic rings. The van der Waals surface area contributed by atoms with Crippen LogP contribution in [0.3, 0.4) is 0 Å². The zero-order valence-corrected chi connectivity index (χ0v) is 20.4. The van der Waals surface area contributed by atoms with Gasteiger partial charge in [-0.1, -0.05) is 44.6 Å². The van der Waals surface area contributed by atoms with Gasteiger partial charge in [0.2, 0.25) is 0 Å². The first-order valence-electron chi connectivity index (χ1n) is 12.0. The summed E-state index contributed by atoms with van der Waals surface area (Å²) < 4.78 is 10.7. The first-order valence-corrected chi connectivity index (χ1v) is 12.0. The summed E-state index contributed by atoms with van der Waals surface area (Å²) in [4.78, 5) is 23.1. The Bertz CT molecular complexity index is 824. The molecular formula is C27H40O5. The van der Waals surface area contributed by atoms with E-state index in [1.165, 1.54) is 37.0 Å². The normalized spacial score (nSPS) is 36.2. The van der Waals surface area contributed by atoms with Crippen LogP contribution in [0.25, 0.3) is 0 Å². The molecule has 0 amide bonds. The molecule has 0 aromatic carbocycles. The SMILES string of the molecule is C=C1CCC[C@H]2[C@](C)(CC/C(C)=C/C[C@H](O)C3=CC(=O)OC3)[C@@H](C)[C@H](OC(C)=O)C[C@]12C. The maximum Gasteiger partial charge on any atom is 0.331 e. The number of carbonyl (C=O) groups is 2. The lowest BCUT2D eigenvalue weighted by Gasteiger charge is -2.60. The van der Waals surface area contributed by atoms with Crippen LogP contribution in [-0.2, 0) is 19.1 Å². The lowest BCUT2D eigenvalue weighted by atomic mass is 9.45. The number of carbonyl (C=O) groups excluding carboxylic acids is 2. The molecule has 1 N–H and O–H groups in total. The van der Waals surface area contributed by atoms with Gasteiger partial charge in [-0.2, -0.15) is 0 Å². The Kier molecular flexibility index (Phi) is 7.38. The number of allylic oxidation sites excluding steroid dienone is 2. The summed E-state index contributed by atoms with van der Waals surface area (Å²) >= 11 is 0. The first-order chi connectivity index (χ1) is 15.0. The van der Waals surface area contributed by atoms with Crippen molar-refractivity contribution in [2.24, 2.45) is 22.7 Å². The van der Waals surface area contributed by atoms with E-state index in [2.05, 4.69) is 40.3 Å². The second-order valence-electron chi connectivity index (χ2n) is 10.7. The van der Waals surface area contributed by atoms with Crippen LogP contribution in [0.2, 0.25) is 0 Å². The van der Waals surface area contributed by atoms with Gasteiger partial charge in [0, 0.05) is 18.6 Å². The highest BCUT2D eigenvalue weighted by Gasteiger charge is 2.57. The van der Waals surface area contributed by atoms with Crippen LogP contribution in [0.1, 0.15) is 79.6 Å². The maximum absolute atomic E-state index is 11.8. The summed E-state index contributed by atoms with van der Waals surface area (Å²) in [6.45, 7) is 15.2. The first kappa shape index (κ1) is 24.8. The van der Waals surface area contributed by atoms with Crippen LogP contribution in [0.5, 0.6) is 0 Å². The molecule has 0 unspecified atom stereocenters. The maximum atomic E-state index is 11.8. The molecule has 5 nitrogen and oxygen atoms in total. The number of ether oxygens (including phenoxy) is 2. The Morgan fingerprint density at radius 2 is 2.12 bits per heavy atom. The molecule has 0 aromatic rings. The summed E-state index contributed by atoms with van der Waals surface area (Å²) in [5, 5.41) is 10.4. The van der Waals surface area contributed by atoms with E-state index in [1.54, 1.807) is 0 Å². The standard InChI is InChI=1S/C27H40O5/c1-17(10-11-22(29)21-14-25(30)31-16-21)12-13-26(5)19(3)23(32-20(4)28)15-27(6)18(2)8-7-9-24(26)27/h10,14,19,22-24,29H,2,7-9,11-13,15-16H2,1,3-6H3/b17-10+/t19-,22-,23+,24-,26+,27+/m0/s1. The number of rotatable bonds is 7. The predicted molar refractivity (Wildman–Crippen MR) is 125 cm³/mol. The molecular weight excluding hydrogens is 404 g/mol. The number of aliphatic hydroxyl groups excluding tert-OH is 1. The van der Waals surface area contributed by atoms with Gasteiger partial charge < -0.3 is 14.6 Å². The third kappa shape index (κ3) is 4.88. The zero-order valence-electron chi connectivity index (χ0n) is 20.4. The minimum atomic E-state index is -0.682. The van der Waals surface area contributed by atoms with E-state index >= 15 is 0 Å². The van der Waals surface area contributed by atoms with Gasteiger partial charge in [-0.05, 0) is 74.5 Å². The van der Waals surface area contributed by atoms with Crippen molar-refractivity contribution in [1.82, 2.24) is 0 Å². The van der Waals surface area contributed by atoms with Crippen LogP contribution in [0.4, 0.5) is 0 Å². The van der Waals surface area contributed by atoms with Crippen LogP contribution in [0.15, 0.2) is 35.5 Å². The molecule has 0 radical (unpaired) electrons. The average molecular weight is 445 g/mol. The third-order valence-corrected chi connectivity index (χ3v) is 8.74. The van der Waals surface area contributed by atoms with Crippen molar-refractivity contribution in [2.75, 3.05) is 6.61 Å². The van der Waals surface area contributed by atoms with E-state index in [9.17, 15) is 14.7 Å². The third-order valence-electron chi connectivity index (χ3n) is 8.74. The van der Waals surface area contributed by atoms with E-state index < -0.39 is 6.10 Å². The molecule has 0 aromatic heterocycles. The number of hydrogen-bond acceptors (Lipinski definition) is 5. The Morgan fingerprint density at radius 1 is 1.41 bits per heavy atom. The fraction of sp³-hybridized carbons (Fsp3) is 0.704. The predicted octanol–water partition coefficient (Wildman–Crippen LogP) is 5.29. The largest absolute Gasteiger partial charge is 0.462 e. The number of esters is 2. The van der Waals surface area contributed by atoms with Crippen LogP contribution >= 0.6 is 0 Å². The lowest BCUT2D eigenvalue weighted by Crippen LogP contribution is -2.56. The Balaban J connectivity index is 1.74. The van der Waals surface area contributed by atoms with Gasteiger partial charge in [0.25, 0.3) is 0 Å². The average Bonchev–Trinajstić information content (AvgIpc) is 3.16. The molecule has 0 spiro atoms. The Morgan fingerprint density at radius 3 is 2.75 bits per heavy atom. The summed E-state index contributed by atoms with van der Waals surface area (Å²) in [6.07, 6.45) is 9.39. The molecule has 2 aliphatic carbocycles. The lowest BCUT2D eigenvalue weighted by molar-refractivity contribution is -0.171. The molecule has 178 valence electrons. The molecule has 2 saturated carbocycles. The molecule has 1 aliphatic heterocycles. The van der Waals surface area contributed by atoms with E-state index in [4.69, 9.17) is 9.47 Å². The van der Waals surface area contributed by atoms with Crippen molar-refractivity contribution in [3.63, 3.8) is 0 Å². The van der Waals surface area contributed by atoms with Crippen molar-refractivity contribution in [1.29, 1.82) is 0 Å². The van der Waals surface area contributed by atoms with Crippen molar-refractivity contribution in [3.8, 4) is 0 Å². The Hall–Kier alpha value is -1.88. The van der Waals surface area contributed by atoms with Gasteiger partial charge in [0.15, 0.2) is 0 Å². The Labute approximate surface area is 192 Å². The fourth-order valence-electron chi connectivity index (χ4n) is 6.42. The molecule has 0 bridgehead atoms. The second-order valence-corrected chi connectivity index (χ2v) is 10.7. The quantitative estimate of drug-likeness (QED) is 0.427. The highest BCUT2D eigenvalue weighted by molar-refractivity contribution is 5.85. The smallest absolute Gasteiger partial charge is 0.331 e. The number of cyclic esters (lactones) is 1.